The first-order valence-electron chi connectivity index (χ1n) is 18.6. The van der Waals surface area contributed by atoms with Crippen LogP contribution in [0.5, 0.6) is 0 Å². The van der Waals surface area contributed by atoms with Gasteiger partial charge in [0.25, 0.3) is 5.34 Å². The Morgan fingerprint density at radius 3 is 2.33 bits per heavy atom. The predicted molar refractivity (Wildman–Crippen MR) is 206 cm³/mol. The van der Waals surface area contributed by atoms with Crippen LogP contribution in [0.1, 0.15) is 87.3 Å². The third-order valence-electron chi connectivity index (χ3n) is 9.07. The number of hydrogen-bond donors (Lipinski definition) is 1. The minimum absolute atomic E-state index is 0.162. The summed E-state index contributed by atoms with van der Waals surface area (Å²) in [5.74, 6) is -2.98. The second-order valence-corrected chi connectivity index (χ2v) is 19.8. The number of methoxy groups -OCH3 is 1. The highest BCUT2D eigenvalue weighted by Gasteiger charge is 2.62. The molecule has 5 rings (SSSR count). The second-order valence-electron chi connectivity index (χ2n) is 15.3. The molecule has 2 saturated heterocycles. The molecule has 23 heteroatoms. The van der Waals surface area contributed by atoms with Crippen molar-refractivity contribution in [2.24, 2.45) is 4.36 Å². The zero-order valence-electron chi connectivity index (χ0n) is 33.8. The van der Waals surface area contributed by atoms with Crippen molar-refractivity contribution in [2.75, 3.05) is 44.7 Å². The zero-order chi connectivity index (χ0) is 42.1. The number of aromatic nitrogens is 4. The molecule has 2 aromatic heterocycles. The molecular formula is C34H53ClN7O13PS. The van der Waals surface area contributed by atoms with E-state index in [0.29, 0.717) is 5.39 Å². The van der Waals surface area contributed by atoms with Crippen LogP contribution in [0.3, 0.4) is 0 Å². The molecule has 20 nitrogen and oxygen atoms in total. The van der Waals surface area contributed by atoms with Gasteiger partial charge in [-0.05, 0) is 72.9 Å². The van der Waals surface area contributed by atoms with Gasteiger partial charge in [-0.2, -0.15) is 15.1 Å². The van der Waals surface area contributed by atoms with Gasteiger partial charge in [0.2, 0.25) is 11.2 Å². The Morgan fingerprint density at radius 2 is 1.75 bits per heavy atom. The Bertz CT molecular complexity index is 1990. The normalized spacial score (nSPS) is 24.5. The van der Waals surface area contributed by atoms with Crippen molar-refractivity contribution in [3.05, 3.63) is 11.5 Å². The summed E-state index contributed by atoms with van der Waals surface area (Å²) >= 11 is 6.55. The Morgan fingerprint density at radius 1 is 1.12 bits per heavy atom. The van der Waals surface area contributed by atoms with E-state index in [9.17, 15) is 23.2 Å². The van der Waals surface area contributed by atoms with Gasteiger partial charge in [-0.3, -0.25) is 23.8 Å². The number of amides is 3. The fourth-order valence-corrected chi connectivity index (χ4v) is 10.3. The number of ether oxygens (including phenoxy) is 6. The quantitative estimate of drug-likeness (QED) is 0.186. The van der Waals surface area contributed by atoms with E-state index in [2.05, 4.69) is 24.2 Å². The van der Waals surface area contributed by atoms with Crippen LogP contribution < -0.4 is 9.62 Å². The van der Waals surface area contributed by atoms with Crippen LogP contribution in [-0.4, -0.2) is 123 Å². The average molecular weight is 866 g/mol. The monoisotopic (exact) mass is 865 g/mol. The molecular weight excluding hydrogens is 813 g/mol. The molecule has 1 unspecified atom stereocenters. The number of nitrogens with zero attached hydrogens (tertiary/aromatic N) is 6. The number of nitrogens with one attached hydrogen (secondary N) is 1. The van der Waals surface area contributed by atoms with Crippen LogP contribution >= 0.6 is 19.2 Å². The van der Waals surface area contributed by atoms with Gasteiger partial charge in [0, 0.05) is 26.3 Å². The predicted octanol–water partition coefficient (Wildman–Crippen LogP) is 4.88. The van der Waals surface area contributed by atoms with E-state index in [-0.39, 0.29) is 36.0 Å². The molecule has 0 bridgehead atoms. The maximum absolute atomic E-state index is 14.6. The zero-order valence-corrected chi connectivity index (χ0v) is 36.3. The van der Waals surface area contributed by atoms with Crippen molar-refractivity contribution >= 4 is 63.9 Å². The summed E-state index contributed by atoms with van der Waals surface area (Å²) < 4.78 is 82.8. The summed E-state index contributed by atoms with van der Waals surface area (Å²) in [5, 5.41) is 2.21. The molecule has 0 spiro atoms. The second kappa shape index (κ2) is 17.4. The number of rotatable bonds is 15. The van der Waals surface area contributed by atoms with Gasteiger partial charge in [-0.15, -0.1) is 4.36 Å². The van der Waals surface area contributed by atoms with Crippen LogP contribution in [0.25, 0.3) is 11.0 Å². The largest absolute Gasteiger partial charge is 0.443 e. The van der Waals surface area contributed by atoms with Crippen LogP contribution in [0.15, 0.2) is 10.6 Å². The van der Waals surface area contributed by atoms with E-state index in [0.717, 1.165) is 38.9 Å². The van der Waals surface area contributed by atoms with E-state index in [4.69, 9.17) is 49.1 Å². The van der Waals surface area contributed by atoms with Crippen LogP contribution in [0, 0.1) is 0 Å². The van der Waals surface area contributed by atoms with E-state index < -0.39 is 89.9 Å². The molecule has 0 radical (unpaired) electrons. The SMILES string of the molecule is CCOP(=O)(OCC)[C@](COC)(OC[C@H]1O[C@@H](n2ncc3c(N(C(=O)OC(C)(C)C)C4CCCC4)nc(Cl)nc32)[C@@H]2OC(C)(C)O[C@@H]21)C(=O)N=S(C)(=O)NC(C)=O. The lowest BCUT2D eigenvalue weighted by Crippen LogP contribution is -2.49. The molecule has 2 aromatic rings. The number of hydrogen-bond acceptors (Lipinski definition) is 16. The summed E-state index contributed by atoms with van der Waals surface area (Å²) in [6.45, 7) is 11.3. The highest BCUT2D eigenvalue weighted by Crippen LogP contribution is 2.62. The first kappa shape index (κ1) is 45.2. The van der Waals surface area contributed by atoms with E-state index in [1.54, 1.807) is 34.6 Å². The van der Waals surface area contributed by atoms with Gasteiger partial charge in [0.1, 0.15) is 33.8 Å². The number of carbonyl (C=O) groups is 3. The van der Waals surface area contributed by atoms with Gasteiger partial charge < -0.3 is 37.5 Å². The first-order valence-corrected chi connectivity index (χ1v) is 22.4. The summed E-state index contributed by atoms with van der Waals surface area (Å²) in [6.07, 6.45) is 1.39. The standard InChI is InChI=1S/C34H53ClN7O13PS/c1-11-50-56(46,51-12-2)34(19-48-9,29(44)40-57(10,47)39-20(3)43)49-18-23-24-25(54-33(7,8)53-24)28(52-23)42-27-22(17-36-42)26(37-30(35)38-27)41(21-15-13-14-16-21)31(45)55-32(4,5)6/h17,21,23-25,28H,11-16,18-19H2,1-10H3,(H,39,40,43,44,47)/t23-,24-,25-,28-,34+,57?/m1/s1. The van der Waals surface area contributed by atoms with E-state index in [1.807, 2.05) is 0 Å². The lowest BCUT2D eigenvalue weighted by Gasteiger charge is -2.36. The van der Waals surface area contributed by atoms with Gasteiger partial charge in [0.05, 0.1) is 38.0 Å². The maximum atomic E-state index is 14.6. The number of carbonyl (C=O) groups excluding carboxylic acids is 3. The number of halogens is 1. The van der Waals surface area contributed by atoms with Crippen molar-refractivity contribution < 1.29 is 60.6 Å². The van der Waals surface area contributed by atoms with Crippen molar-refractivity contribution in [1.82, 2.24) is 24.5 Å². The molecule has 57 heavy (non-hydrogen) atoms. The third kappa shape index (κ3) is 9.80. The summed E-state index contributed by atoms with van der Waals surface area (Å²) in [4.78, 5) is 50.1. The van der Waals surface area contributed by atoms with Gasteiger partial charge in [-0.25, -0.2) is 13.7 Å². The van der Waals surface area contributed by atoms with E-state index >= 15 is 0 Å². The summed E-state index contributed by atoms with van der Waals surface area (Å²) in [5.41, 5.74) is -0.574. The molecule has 3 aliphatic rings. The first-order chi connectivity index (χ1) is 26.6. The number of anilines is 1. The number of fused-ring (bicyclic) bond motifs is 2. The molecule has 6 atom stereocenters. The molecule has 4 heterocycles. The summed E-state index contributed by atoms with van der Waals surface area (Å²) in [7, 11) is -7.15. The van der Waals surface area contributed by atoms with Crippen molar-refractivity contribution in [3.63, 3.8) is 0 Å². The molecule has 3 fully saturated rings. The van der Waals surface area contributed by atoms with Gasteiger partial charge in [-0.1, -0.05) is 12.8 Å². The minimum atomic E-state index is -4.66. The van der Waals surface area contributed by atoms with Crippen molar-refractivity contribution in [3.8, 4) is 0 Å². The molecule has 0 aromatic carbocycles. The van der Waals surface area contributed by atoms with Crippen LogP contribution in [-0.2, 0) is 61.5 Å². The van der Waals surface area contributed by atoms with Gasteiger partial charge >= 0.3 is 19.6 Å². The molecule has 1 N–H and O–H groups in total. The fourth-order valence-electron chi connectivity index (χ4n) is 7.09. The van der Waals surface area contributed by atoms with Crippen molar-refractivity contribution in [2.45, 2.75) is 128 Å². The average Bonchev–Trinajstić information content (AvgIpc) is 3.86. The third-order valence-corrected chi connectivity index (χ3v) is 13.0. The highest BCUT2D eigenvalue weighted by atomic mass is 35.5. The Kier molecular flexibility index (Phi) is 13.8. The Balaban J connectivity index is 1.56. The van der Waals surface area contributed by atoms with E-state index in [1.165, 1.54) is 36.7 Å². The minimum Gasteiger partial charge on any atom is -0.443 e. The van der Waals surface area contributed by atoms with Crippen LogP contribution in [0.2, 0.25) is 5.28 Å². The Labute approximate surface area is 337 Å². The topological polar surface area (TPSA) is 230 Å². The fraction of sp³-hybridized carbons (Fsp3) is 0.765. The lowest BCUT2D eigenvalue weighted by molar-refractivity contribution is -0.207. The lowest BCUT2D eigenvalue weighted by atomic mass is 10.1. The highest BCUT2D eigenvalue weighted by molar-refractivity contribution is 7.91. The smallest absolute Gasteiger partial charge is 0.416 e. The molecule has 3 amide bonds. The maximum Gasteiger partial charge on any atom is 0.416 e. The summed E-state index contributed by atoms with van der Waals surface area (Å²) in [6, 6.07) is -0.205. The molecule has 320 valence electrons. The molecule has 1 saturated carbocycles. The van der Waals surface area contributed by atoms with Crippen LogP contribution in [0.4, 0.5) is 10.6 Å². The Hall–Kier alpha value is -2.85. The molecule has 1 aliphatic carbocycles. The van der Waals surface area contributed by atoms with Gasteiger partial charge in [0.15, 0.2) is 23.5 Å². The van der Waals surface area contributed by atoms with Crippen molar-refractivity contribution in [1.29, 1.82) is 0 Å². The molecule has 2 aliphatic heterocycles.